The average molecular weight is 270 g/mol. The number of rotatable bonds is 9. The van der Waals surface area contributed by atoms with Gasteiger partial charge in [-0.05, 0) is 50.1 Å². The summed E-state index contributed by atoms with van der Waals surface area (Å²) >= 11 is 0. The molecule has 0 bridgehead atoms. The Balaban J connectivity index is 2.40. The number of nitrogens with zero attached hydrogens (tertiary/aromatic N) is 1. The van der Waals surface area contributed by atoms with Gasteiger partial charge in [-0.25, -0.2) is 0 Å². The molecule has 0 aromatic rings. The van der Waals surface area contributed by atoms with Crippen LogP contribution in [0.5, 0.6) is 0 Å². The van der Waals surface area contributed by atoms with E-state index in [1.165, 1.54) is 45.3 Å². The van der Waals surface area contributed by atoms with Crippen LogP contribution in [-0.2, 0) is 4.74 Å². The third-order valence-electron chi connectivity index (χ3n) is 4.44. The quantitative estimate of drug-likeness (QED) is 0.652. The first kappa shape index (κ1) is 16.9. The largest absolute Gasteiger partial charge is 0.384 e. The molecule has 0 aliphatic carbocycles. The van der Waals surface area contributed by atoms with Gasteiger partial charge >= 0.3 is 0 Å². The van der Waals surface area contributed by atoms with Crippen molar-refractivity contribution in [1.29, 1.82) is 0 Å². The molecule has 1 saturated heterocycles. The molecular weight excluding hydrogens is 236 g/mol. The van der Waals surface area contributed by atoms with Crippen LogP contribution >= 0.6 is 0 Å². The fourth-order valence-electron chi connectivity index (χ4n) is 3.07. The van der Waals surface area contributed by atoms with Crippen LogP contribution in [0.2, 0.25) is 0 Å². The minimum Gasteiger partial charge on any atom is -0.384 e. The maximum absolute atomic E-state index is 5.33. The summed E-state index contributed by atoms with van der Waals surface area (Å²) < 4.78 is 5.33. The monoisotopic (exact) mass is 270 g/mol. The molecule has 1 heterocycles. The smallest absolute Gasteiger partial charge is 0.0502 e. The molecule has 1 aliphatic heterocycles. The lowest BCUT2D eigenvalue weighted by atomic mass is 9.85. The van der Waals surface area contributed by atoms with Gasteiger partial charge in [-0.2, -0.15) is 0 Å². The highest BCUT2D eigenvalue weighted by Gasteiger charge is 2.28. The van der Waals surface area contributed by atoms with E-state index in [0.29, 0.717) is 5.41 Å². The van der Waals surface area contributed by atoms with Gasteiger partial charge in [0.25, 0.3) is 0 Å². The van der Waals surface area contributed by atoms with Gasteiger partial charge in [-0.3, -0.25) is 0 Å². The summed E-state index contributed by atoms with van der Waals surface area (Å²) in [6.45, 7) is 13.9. The maximum atomic E-state index is 5.33. The Morgan fingerprint density at radius 2 is 2.16 bits per heavy atom. The van der Waals surface area contributed by atoms with E-state index in [2.05, 4.69) is 31.0 Å². The third-order valence-corrected chi connectivity index (χ3v) is 4.44. The van der Waals surface area contributed by atoms with E-state index in [1.54, 1.807) is 0 Å². The van der Waals surface area contributed by atoms with Crippen LogP contribution < -0.4 is 5.32 Å². The second kappa shape index (κ2) is 8.93. The highest BCUT2D eigenvalue weighted by molar-refractivity contribution is 4.82. The molecule has 114 valence electrons. The fraction of sp³-hybridized carbons (Fsp3) is 1.00. The summed E-state index contributed by atoms with van der Waals surface area (Å²) in [6.07, 6.45) is 5.13. The molecule has 1 fully saturated rings. The maximum Gasteiger partial charge on any atom is 0.0502 e. The predicted octanol–water partition coefficient (Wildman–Crippen LogP) is 2.76. The zero-order valence-electron chi connectivity index (χ0n) is 13.5. The van der Waals surface area contributed by atoms with Gasteiger partial charge in [0.1, 0.15) is 0 Å². The summed E-state index contributed by atoms with van der Waals surface area (Å²) in [7, 11) is 1.82. The van der Waals surface area contributed by atoms with E-state index in [-0.39, 0.29) is 0 Å². The second-order valence-corrected chi connectivity index (χ2v) is 6.54. The Labute approximate surface area is 120 Å². The molecular formula is C16H34N2O. The zero-order chi connectivity index (χ0) is 14.1. The number of hydrogen-bond acceptors (Lipinski definition) is 3. The summed E-state index contributed by atoms with van der Waals surface area (Å²) in [5.74, 6) is 0.739. The summed E-state index contributed by atoms with van der Waals surface area (Å²) in [6, 6.07) is 0. The normalized spacial score (nSPS) is 24.3. The van der Waals surface area contributed by atoms with Crippen LogP contribution in [0.25, 0.3) is 0 Å². The number of piperidine rings is 1. The molecule has 0 aromatic carbocycles. The Morgan fingerprint density at radius 3 is 2.79 bits per heavy atom. The SMILES string of the molecule is CCCNCC(C)(CC)CN1CCCC(COC)C1. The van der Waals surface area contributed by atoms with Crippen LogP contribution in [0, 0.1) is 11.3 Å². The van der Waals surface area contributed by atoms with Crippen LogP contribution in [0.15, 0.2) is 0 Å². The third kappa shape index (κ3) is 6.24. The van der Waals surface area contributed by atoms with E-state index in [9.17, 15) is 0 Å². The first-order valence-corrected chi connectivity index (χ1v) is 8.05. The number of likely N-dealkylation sites (tertiary alicyclic amines) is 1. The van der Waals surface area contributed by atoms with Gasteiger partial charge < -0.3 is 15.0 Å². The van der Waals surface area contributed by atoms with Crippen molar-refractivity contribution in [2.24, 2.45) is 11.3 Å². The molecule has 2 atom stereocenters. The first-order valence-electron chi connectivity index (χ1n) is 8.05. The van der Waals surface area contributed by atoms with Crippen molar-refractivity contribution in [3.63, 3.8) is 0 Å². The standard InChI is InChI=1S/C16H34N2O/c1-5-9-17-13-16(3,6-2)14-18-10-7-8-15(11-18)12-19-4/h15,17H,5-14H2,1-4H3. The highest BCUT2D eigenvalue weighted by atomic mass is 16.5. The zero-order valence-corrected chi connectivity index (χ0v) is 13.5. The molecule has 0 aromatic heterocycles. The summed E-state index contributed by atoms with van der Waals surface area (Å²) in [5.41, 5.74) is 0.407. The molecule has 0 saturated carbocycles. The minimum atomic E-state index is 0.407. The van der Waals surface area contributed by atoms with Crippen molar-refractivity contribution >= 4 is 0 Å². The van der Waals surface area contributed by atoms with E-state index in [4.69, 9.17) is 4.74 Å². The second-order valence-electron chi connectivity index (χ2n) is 6.54. The Bertz CT molecular complexity index is 233. The molecule has 3 nitrogen and oxygen atoms in total. The molecule has 0 radical (unpaired) electrons. The molecule has 1 N–H and O–H groups in total. The van der Waals surface area contributed by atoms with E-state index in [1.807, 2.05) is 7.11 Å². The highest BCUT2D eigenvalue weighted by Crippen LogP contribution is 2.25. The van der Waals surface area contributed by atoms with Gasteiger partial charge in [0.05, 0.1) is 6.61 Å². The van der Waals surface area contributed by atoms with Gasteiger partial charge in [0, 0.05) is 26.7 Å². The van der Waals surface area contributed by atoms with Crippen LogP contribution in [0.1, 0.15) is 46.5 Å². The van der Waals surface area contributed by atoms with Gasteiger partial charge in [-0.1, -0.05) is 20.8 Å². The fourth-order valence-corrected chi connectivity index (χ4v) is 3.07. The lowest BCUT2D eigenvalue weighted by Crippen LogP contribution is -2.46. The molecule has 3 heteroatoms. The van der Waals surface area contributed by atoms with Crippen molar-refractivity contribution in [1.82, 2.24) is 10.2 Å². The number of hydrogen-bond donors (Lipinski definition) is 1. The lowest BCUT2D eigenvalue weighted by molar-refractivity contribution is 0.0653. The van der Waals surface area contributed by atoms with E-state index < -0.39 is 0 Å². The topological polar surface area (TPSA) is 24.5 Å². The predicted molar refractivity (Wildman–Crippen MR) is 82.6 cm³/mol. The van der Waals surface area contributed by atoms with Crippen LogP contribution in [0.4, 0.5) is 0 Å². The number of ether oxygens (including phenoxy) is 1. The molecule has 1 rings (SSSR count). The van der Waals surface area contributed by atoms with E-state index >= 15 is 0 Å². The molecule has 19 heavy (non-hydrogen) atoms. The Kier molecular flexibility index (Phi) is 7.96. The van der Waals surface area contributed by atoms with Crippen LogP contribution in [-0.4, -0.2) is 51.3 Å². The lowest BCUT2D eigenvalue weighted by Gasteiger charge is -2.39. The molecule has 2 unspecified atom stereocenters. The van der Waals surface area contributed by atoms with Gasteiger partial charge in [0.15, 0.2) is 0 Å². The van der Waals surface area contributed by atoms with Crippen molar-refractivity contribution in [3.8, 4) is 0 Å². The van der Waals surface area contributed by atoms with Crippen molar-refractivity contribution in [2.75, 3.05) is 46.4 Å². The van der Waals surface area contributed by atoms with Gasteiger partial charge in [-0.15, -0.1) is 0 Å². The molecule has 1 aliphatic rings. The van der Waals surface area contributed by atoms with Crippen molar-refractivity contribution in [2.45, 2.75) is 46.5 Å². The van der Waals surface area contributed by atoms with Crippen LogP contribution in [0.3, 0.4) is 0 Å². The minimum absolute atomic E-state index is 0.407. The number of methoxy groups -OCH3 is 1. The van der Waals surface area contributed by atoms with Crippen molar-refractivity contribution < 1.29 is 4.74 Å². The Morgan fingerprint density at radius 1 is 1.37 bits per heavy atom. The first-order chi connectivity index (χ1) is 9.13. The molecule has 0 spiro atoms. The number of nitrogens with one attached hydrogen (secondary N) is 1. The molecule has 0 amide bonds. The van der Waals surface area contributed by atoms with Gasteiger partial charge in [0.2, 0.25) is 0 Å². The average Bonchev–Trinajstić information content (AvgIpc) is 2.40. The summed E-state index contributed by atoms with van der Waals surface area (Å²) in [5, 5.41) is 3.60. The summed E-state index contributed by atoms with van der Waals surface area (Å²) in [4.78, 5) is 2.66. The Hall–Kier alpha value is -0.120. The van der Waals surface area contributed by atoms with Crippen molar-refractivity contribution in [3.05, 3.63) is 0 Å². The van der Waals surface area contributed by atoms with E-state index in [0.717, 1.165) is 25.6 Å².